The zero-order valence-electron chi connectivity index (χ0n) is 6.83. The van der Waals surface area contributed by atoms with Crippen molar-refractivity contribution < 1.29 is 0 Å². The highest BCUT2D eigenvalue weighted by Crippen LogP contribution is 2.16. The van der Waals surface area contributed by atoms with Crippen molar-refractivity contribution in [3.05, 3.63) is 0 Å². The average molecular weight is 209 g/mol. The molecule has 0 bridgehead atoms. The Hall–Kier alpha value is -0.320. The molecule has 12 heavy (non-hydrogen) atoms. The molecular weight excluding hydrogens is 199 g/mol. The summed E-state index contributed by atoms with van der Waals surface area (Å²) in [4.78, 5) is 7.72. The van der Waals surface area contributed by atoms with E-state index in [1.54, 1.807) is 0 Å². The lowest BCUT2D eigenvalue weighted by Gasteiger charge is -2.29. The van der Waals surface area contributed by atoms with Crippen LogP contribution in [0, 0.1) is 5.92 Å². The van der Waals surface area contributed by atoms with E-state index in [0.717, 1.165) is 0 Å². The van der Waals surface area contributed by atoms with Crippen LogP contribution < -0.4 is 5.84 Å². The quantitative estimate of drug-likeness (QED) is 0.523. The predicted molar refractivity (Wildman–Crippen MR) is 51.2 cm³/mol. The molecule has 6 heteroatoms. The van der Waals surface area contributed by atoms with Crippen molar-refractivity contribution in [3.63, 3.8) is 0 Å². The molecule has 1 aliphatic rings. The van der Waals surface area contributed by atoms with Gasteiger partial charge in [-0.2, -0.15) is 4.99 Å². The molecule has 1 aliphatic heterocycles. The summed E-state index contributed by atoms with van der Waals surface area (Å²) in [6.07, 6.45) is -0.220. The minimum absolute atomic E-state index is 0.153. The Morgan fingerprint density at radius 3 is 2.58 bits per heavy atom. The molecule has 0 aromatic carbocycles. The molecular formula is C6H10Cl2N4. The van der Waals surface area contributed by atoms with Gasteiger partial charge in [0.2, 0.25) is 10.6 Å². The first-order chi connectivity index (χ1) is 5.52. The first-order valence-corrected chi connectivity index (χ1v) is 4.29. The van der Waals surface area contributed by atoms with Crippen molar-refractivity contribution in [2.75, 3.05) is 0 Å². The van der Waals surface area contributed by atoms with Crippen molar-refractivity contribution in [3.8, 4) is 0 Å². The maximum absolute atomic E-state index is 5.69. The summed E-state index contributed by atoms with van der Waals surface area (Å²) in [5.41, 5.74) is 0. The second kappa shape index (κ2) is 3.60. The van der Waals surface area contributed by atoms with E-state index >= 15 is 0 Å². The number of hydrazine groups is 1. The Kier molecular flexibility index (Phi) is 2.93. The van der Waals surface area contributed by atoms with Crippen LogP contribution in [-0.2, 0) is 0 Å². The van der Waals surface area contributed by atoms with Gasteiger partial charge in [-0.15, -0.1) is 0 Å². The number of nitrogens with two attached hydrogens (primary N) is 1. The lowest BCUT2D eigenvalue weighted by Crippen LogP contribution is -2.47. The van der Waals surface area contributed by atoms with Gasteiger partial charge in [0, 0.05) is 0 Å². The molecule has 0 fully saturated rings. The average Bonchev–Trinajstić information content (AvgIpc) is 1.96. The largest absolute Gasteiger partial charge is 0.260 e. The summed E-state index contributed by atoms with van der Waals surface area (Å²) in [5.74, 6) is 5.83. The third-order valence-electron chi connectivity index (χ3n) is 1.52. The topological polar surface area (TPSA) is 54.0 Å². The van der Waals surface area contributed by atoms with Crippen molar-refractivity contribution in [1.82, 2.24) is 5.01 Å². The standard InChI is InChI=1S/C6H10Cl2N4/c1-3(2)4-10-5(7)11-6(8)12(4)9/h3-4H,9H2,1-2H3. The molecule has 2 N–H and O–H groups in total. The van der Waals surface area contributed by atoms with Gasteiger partial charge in [-0.05, 0) is 29.1 Å². The SMILES string of the molecule is CC(C)C1N=C(Cl)N=C(Cl)N1N. The molecule has 4 nitrogen and oxygen atoms in total. The molecule has 0 amide bonds. The first-order valence-electron chi connectivity index (χ1n) is 3.54. The van der Waals surface area contributed by atoms with E-state index in [9.17, 15) is 0 Å². The van der Waals surface area contributed by atoms with Crippen molar-refractivity contribution in [2.45, 2.75) is 20.0 Å². The van der Waals surface area contributed by atoms with Gasteiger partial charge in [-0.3, -0.25) is 5.01 Å². The second-order valence-corrected chi connectivity index (χ2v) is 3.52. The molecule has 0 saturated carbocycles. The molecule has 0 aromatic heterocycles. The van der Waals surface area contributed by atoms with Crippen molar-refractivity contribution >= 4 is 33.8 Å². The molecule has 0 aliphatic carbocycles. The zero-order chi connectivity index (χ0) is 9.30. The fourth-order valence-electron chi connectivity index (χ4n) is 0.914. The van der Waals surface area contributed by atoms with Crippen LogP contribution in [0.5, 0.6) is 0 Å². The Balaban J connectivity index is 2.86. The monoisotopic (exact) mass is 208 g/mol. The van der Waals surface area contributed by atoms with E-state index < -0.39 is 0 Å². The summed E-state index contributed by atoms with van der Waals surface area (Å²) >= 11 is 11.3. The summed E-state index contributed by atoms with van der Waals surface area (Å²) in [6.45, 7) is 3.96. The highest BCUT2D eigenvalue weighted by Gasteiger charge is 2.24. The highest BCUT2D eigenvalue weighted by atomic mass is 35.5. The van der Waals surface area contributed by atoms with Crippen LogP contribution in [0.15, 0.2) is 9.98 Å². The van der Waals surface area contributed by atoms with Gasteiger partial charge in [0.25, 0.3) is 0 Å². The van der Waals surface area contributed by atoms with E-state index in [0.29, 0.717) is 0 Å². The second-order valence-electron chi connectivity index (χ2n) is 2.84. The molecule has 0 aromatic rings. The minimum atomic E-state index is -0.220. The number of halogens is 2. The van der Waals surface area contributed by atoms with Crippen LogP contribution in [0.25, 0.3) is 0 Å². The van der Waals surface area contributed by atoms with Crippen molar-refractivity contribution in [1.29, 1.82) is 0 Å². The summed E-state index contributed by atoms with van der Waals surface area (Å²) in [5, 5.41) is 1.63. The predicted octanol–water partition coefficient (Wildman–Crippen LogP) is 1.35. The van der Waals surface area contributed by atoms with Gasteiger partial charge >= 0.3 is 0 Å². The lowest BCUT2D eigenvalue weighted by atomic mass is 10.1. The third kappa shape index (κ3) is 1.88. The van der Waals surface area contributed by atoms with E-state index in [-0.39, 0.29) is 22.7 Å². The summed E-state index contributed by atoms with van der Waals surface area (Å²) in [7, 11) is 0. The number of hydrogen-bond acceptors (Lipinski definition) is 4. The summed E-state index contributed by atoms with van der Waals surface area (Å²) < 4.78 is 0. The molecule has 0 spiro atoms. The zero-order valence-corrected chi connectivity index (χ0v) is 8.34. The van der Waals surface area contributed by atoms with Gasteiger partial charge in [0.15, 0.2) is 0 Å². The van der Waals surface area contributed by atoms with E-state index in [1.807, 2.05) is 13.8 Å². The first kappa shape index (κ1) is 9.77. The van der Waals surface area contributed by atoms with Gasteiger partial charge < -0.3 is 0 Å². The minimum Gasteiger partial charge on any atom is -0.260 e. The lowest BCUT2D eigenvalue weighted by molar-refractivity contribution is 0.263. The van der Waals surface area contributed by atoms with Crippen LogP contribution in [0.4, 0.5) is 0 Å². The Labute approximate surface area is 81.0 Å². The smallest absolute Gasteiger partial charge is 0.222 e. The van der Waals surface area contributed by atoms with E-state index in [1.165, 1.54) is 5.01 Å². The maximum atomic E-state index is 5.69. The van der Waals surface area contributed by atoms with Gasteiger partial charge in [0.05, 0.1) is 0 Å². The van der Waals surface area contributed by atoms with Gasteiger partial charge in [-0.25, -0.2) is 10.8 Å². The van der Waals surface area contributed by atoms with Crippen molar-refractivity contribution in [2.24, 2.45) is 21.7 Å². The van der Waals surface area contributed by atoms with E-state index in [4.69, 9.17) is 29.0 Å². The Bertz CT molecular complexity index is 236. The number of hydrogen-bond donors (Lipinski definition) is 1. The molecule has 1 rings (SSSR count). The van der Waals surface area contributed by atoms with Gasteiger partial charge in [0.1, 0.15) is 6.17 Å². The normalized spacial score (nSPS) is 24.2. The van der Waals surface area contributed by atoms with Crippen LogP contribution in [0.1, 0.15) is 13.8 Å². The number of aliphatic imine (C=N–C) groups is 2. The fraction of sp³-hybridized carbons (Fsp3) is 0.667. The third-order valence-corrected chi connectivity index (χ3v) is 1.98. The van der Waals surface area contributed by atoms with Gasteiger partial charge in [-0.1, -0.05) is 13.8 Å². The van der Waals surface area contributed by atoms with E-state index in [2.05, 4.69) is 9.98 Å². The molecule has 0 saturated heterocycles. The fourth-order valence-corrected chi connectivity index (χ4v) is 1.32. The number of amidine groups is 2. The maximum Gasteiger partial charge on any atom is 0.222 e. The molecule has 68 valence electrons. The summed E-state index contributed by atoms with van der Waals surface area (Å²) in [6, 6.07) is 0. The van der Waals surface area contributed by atoms with Crippen LogP contribution in [-0.4, -0.2) is 21.8 Å². The Morgan fingerprint density at radius 1 is 1.50 bits per heavy atom. The molecule has 1 heterocycles. The molecule has 0 radical (unpaired) electrons. The molecule has 1 unspecified atom stereocenters. The van der Waals surface area contributed by atoms with Crippen LogP contribution in [0.3, 0.4) is 0 Å². The number of nitrogens with zero attached hydrogens (tertiary/aromatic N) is 3. The molecule has 1 atom stereocenters. The van der Waals surface area contributed by atoms with Crippen LogP contribution >= 0.6 is 23.2 Å². The van der Waals surface area contributed by atoms with Crippen LogP contribution in [0.2, 0.25) is 0 Å². The highest BCUT2D eigenvalue weighted by molar-refractivity contribution is 6.71. The Morgan fingerprint density at radius 2 is 2.08 bits per heavy atom. The number of rotatable bonds is 1.